The first-order valence-electron chi connectivity index (χ1n) is 9.47. The second-order valence-corrected chi connectivity index (χ2v) is 8.50. The van der Waals surface area contributed by atoms with Crippen LogP contribution in [0, 0.1) is 6.92 Å². The Labute approximate surface area is 182 Å². The number of aryl methyl sites for hydroxylation is 1. The van der Waals surface area contributed by atoms with Gasteiger partial charge >= 0.3 is 0 Å². The number of halogens is 1. The third-order valence-electron chi connectivity index (χ3n) is 4.60. The van der Waals surface area contributed by atoms with Crippen molar-refractivity contribution in [2.24, 2.45) is 4.99 Å². The molecule has 0 saturated carbocycles. The number of morpholine rings is 1. The van der Waals surface area contributed by atoms with Crippen LogP contribution in [0.15, 0.2) is 52.0 Å². The monoisotopic (exact) mass is 445 g/mol. The van der Waals surface area contributed by atoms with Crippen LogP contribution >= 0.6 is 22.9 Å². The number of benzene rings is 1. The standard InChI is InChI=1S/C21H20ClN3O4S/c1-14-12-25(21(30-14)23-19(26)15-3-2-4-16(22)11-15)13-17-5-6-18(29-17)20(27)24-7-9-28-10-8-24/h2-6,11-12H,7-10,13H2,1H3. The van der Waals surface area contributed by atoms with Crippen LogP contribution in [0.5, 0.6) is 0 Å². The highest BCUT2D eigenvalue weighted by Gasteiger charge is 2.21. The van der Waals surface area contributed by atoms with Gasteiger partial charge in [-0.1, -0.05) is 17.7 Å². The largest absolute Gasteiger partial charge is 0.454 e. The number of rotatable bonds is 4. The lowest BCUT2D eigenvalue weighted by Crippen LogP contribution is -2.40. The molecule has 7 nitrogen and oxygen atoms in total. The molecule has 0 radical (unpaired) electrons. The Morgan fingerprint density at radius 2 is 2.00 bits per heavy atom. The minimum absolute atomic E-state index is 0.142. The molecule has 1 saturated heterocycles. The molecule has 0 atom stereocenters. The van der Waals surface area contributed by atoms with Crippen molar-refractivity contribution >= 4 is 34.8 Å². The van der Waals surface area contributed by atoms with Crippen LogP contribution in [0.25, 0.3) is 0 Å². The van der Waals surface area contributed by atoms with Gasteiger partial charge in [-0.3, -0.25) is 9.59 Å². The van der Waals surface area contributed by atoms with E-state index < -0.39 is 0 Å². The van der Waals surface area contributed by atoms with Gasteiger partial charge in [-0.25, -0.2) is 0 Å². The molecule has 1 aromatic carbocycles. The number of carbonyl (C=O) groups is 2. The zero-order valence-electron chi connectivity index (χ0n) is 16.3. The van der Waals surface area contributed by atoms with Crippen LogP contribution in [0.4, 0.5) is 0 Å². The highest BCUT2D eigenvalue weighted by Crippen LogP contribution is 2.15. The number of ether oxygens (including phenoxy) is 1. The molecular weight excluding hydrogens is 426 g/mol. The Kier molecular flexibility index (Phi) is 6.17. The van der Waals surface area contributed by atoms with Gasteiger partial charge < -0.3 is 18.6 Å². The number of carbonyl (C=O) groups excluding carboxylic acids is 2. The molecule has 0 unspecified atom stereocenters. The first-order valence-corrected chi connectivity index (χ1v) is 10.7. The van der Waals surface area contributed by atoms with E-state index in [9.17, 15) is 9.59 Å². The lowest BCUT2D eigenvalue weighted by atomic mass is 10.2. The summed E-state index contributed by atoms with van der Waals surface area (Å²) in [6, 6.07) is 10.2. The molecule has 0 spiro atoms. The summed E-state index contributed by atoms with van der Waals surface area (Å²) in [6.07, 6.45) is 1.90. The molecule has 156 valence electrons. The van der Waals surface area contributed by atoms with E-state index in [0.29, 0.717) is 59.8 Å². The third-order valence-corrected chi connectivity index (χ3v) is 5.77. The second-order valence-electron chi connectivity index (χ2n) is 6.85. The number of hydrogen-bond acceptors (Lipinski definition) is 5. The van der Waals surface area contributed by atoms with Gasteiger partial charge in [0.05, 0.1) is 19.8 Å². The van der Waals surface area contributed by atoms with Crippen LogP contribution in [0.1, 0.15) is 31.6 Å². The fourth-order valence-corrected chi connectivity index (χ4v) is 4.17. The lowest BCUT2D eigenvalue weighted by Gasteiger charge is -2.25. The summed E-state index contributed by atoms with van der Waals surface area (Å²) in [6.45, 7) is 4.50. The predicted octanol–water partition coefficient (Wildman–Crippen LogP) is 3.37. The van der Waals surface area contributed by atoms with E-state index in [1.54, 1.807) is 41.3 Å². The molecule has 3 heterocycles. The molecular formula is C21H20ClN3O4S. The van der Waals surface area contributed by atoms with Crippen LogP contribution < -0.4 is 4.80 Å². The topological polar surface area (TPSA) is 77.0 Å². The maximum atomic E-state index is 12.6. The number of furan rings is 1. The number of nitrogens with zero attached hydrogens (tertiary/aromatic N) is 3. The van der Waals surface area contributed by atoms with Crippen molar-refractivity contribution < 1.29 is 18.7 Å². The molecule has 2 aromatic heterocycles. The number of thiazole rings is 1. The molecule has 1 fully saturated rings. The predicted molar refractivity (Wildman–Crippen MR) is 113 cm³/mol. The fraction of sp³-hybridized carbons (Fsp3) is 0.286. The molecule has 2 amide bonds. The van der Waals surface area contributed by atoms with Crippen LogP contribution in [0.2, 0.25) is 5.02 Å². The summed E-state index contributed by atoms with van der Waals surface area (Å²) in [7, 11) is 0. The van der Waals surface area contributed by atoms with Crippen molar-refractivity contribution in [1.29, 1.82) is 0 Å². The van der Waals surface area contributed by atoms with Crippen LogP contribution in [-0.4, -0.2) is 47.6 Å². The average Bonchev–Trinajstić information content (AvgIpc) is 3.34. The van der Waals surface area contributed by atoms with Gasteiger partial charge in [-0.2, -0.15) is 4.99 Å². The zero-order valence-corrected chi connectivity index (χ0v) is 17.9. The van der Waals surface area contributed by atoms with Gasteiger partial charge in [0.1, 0.15) is 5.76 Å². The molecule has 0 aliphatic carbocycles. The molecule has 1 aliphatic heterocycles. The first kappa shape index (κ1) is 20.6. The van der Waals surface area contributed by atoms with E-state index in [1.807, 2.05) is 17.7 Å². The van der Waals surface area contributed by atoms with Gasteiger partial charge in [0, 0.05) is 34.7 Å². The highest BCUT2D eigenvalue weighted by atomic mass is 35.5. The molecule has 9 heteroatoms. The molecule has 1 aliphatic rings. The first-order chi connectivity index (χ1) is 14.5. The van der Waals surface area contributed by atoms with Gasteiger partial charge in [0.2, 0.25) is 0 Å². The van der Waals surface area contributed by atoms with Crippen molar-refractivity contribution in [1.82, 2.24) is 9.47 Å². The summed E-state index contributed by atoms with van der Waals surface area (Å²) in [5.41, 5.74) is 0.427. The minimum Gasteiger partial charge on any atom is -0.454 e. The van der Waals surface area contributed by atoms with Crippen molar-refractivity contribution in [3.8, 4) is 0 Å². The van der Waals surface area contributed by atoms with E-state index in [4.69, 9.17) is 20.8 Å². The Balaban J connectivity index is 1.54. The summed E-state index contributed by atoms with van der Waals surface area (Å²) < 4.78 is 12.9. The zero-order chi connectivity index (χ0) is 21.1. The Bertz CT molecular complexity index is 1140. The second kappa shape index (κ2) is 8.99. The van der Waals surface area contributed by atoms with E-state index in [1.165, 1.54) is 11.3 Å². The number of amides is 2. The maximum Gasteiger partial charge on any atom is 0.289 e. The Hall–Kier alpha value is -2.68. The highest BCUT2D eigenvalue weighted by molar-refractivity contribution is 7.09. The van der Waals surface area contributed by atoms with E-state index >= 15 is 0 Å². The van der Waals surface area contributed by atoms with Crippen molar-refractivity contribution in [3.63, 3.8) is 0 Å². The SMILES string of the molecule is Cc1cn(Cc2ccc(C(=O)N3CCOCC3)o2)c(=NC(=O)c2cccc(Cl)c2)s1. The maximum absolute atomic E-state index is 12.6. The average molecular weight is 446 g/mol. The van der Waals surface area contributed by atoms with E-state index in [2.05, 4.69) is 4.99 Å². The lowest BCUT2D eigenvalue weighted by molar-refractivity contribution is 0.0281. The summed E-state index contributed by atoms with van der Waals surface area (Å²) >= 11 is 7.38. The smallest absolute Gasteiger partial charge is 0.289 e. The van der Waals surface area contributed by atoms with Gasteiger partial charge in [0.15, 0.2) is 10.6 Å². The molecule has 4 rings (SSSR count). The van der Waals surface area contributed by atoms with E-state index in [0.717, 1.165) is 4.88 Å². The Morgan fingerprint density at radius 3 is 2.77 bits per heavy atom. The number of hydrogen-bond donors (Lipinski definition) is 0. The summed E-state index contributed by atoms with van der Waals surface area (Å²) in [4.78, 5) is 32.6. The quantitative estimate of drug-likeness (QED) is 0.617. The summed E-state index contributed by atoms with van der Waals surface area (Å²) in [5.74, 6) is 0.404. The number of aromatic nitrogens is 1. The minimum atomic E-state index is -0.365. The third kappa shape index (κ3) is 4.72. The molecule has 0 N–H and O–H groups in total. The van der Waals surface area contributed by atoms with Crippen LogP contribution in [-0.2, 0) is 11.3 Å². The van der Waals surface area contributed by atoms with Gasteiger partial charge in [-0.15, -0.1) is 11.3 Å². The van der Waals surface area contributed by atoms with Crippen LogP contribution in [0.3, 0.4) is 0 Å². The van der Waals surface area contributed by atoms with Crippen molar-refractivity contribution in [2.75, 3.05) is 26.3 Å². The molecule has 30 heavy (non-hydrogen) atoms. The summed E-state index contributed by atoms with van der Waals surface area (Å²) in [5, 5.41) is 0.485. The molecule has 3 aromatic rings. The fourth-order valence-electron chi connectivity index (χ4n) is 3.14. The van der Waals surface area contributed by atoms with Crippen molar-refractivity contribution in [2.45, 2.75) is 13.5 Å². The van der Waals surface area contributed by atoms with E-state index in [-0.39, 0.29) is 11.8 Å². The molecule has 0 bridgehead atoms. The Morgan fingerprint density at radius 1 is 1.20 bits per heavy atom. The normalized spacial score (nSPS) is 14.9. The van der Waals surface area contributed by atoms with Crippen molar-refractivity contribution in [3.05, 3.63) is 74.4 Å². The van der Waals surface area contributed by atoms with Gasteiger partial charge in [-0.05, 0) is 37.3 Å². The van der Waals surface area contributed by atoms with Gasteiger partial charge in [0.25, 0.3) is 11.8 Å².